The van der Waals surface area contributed by atoms with Gasteiger partial charge in [-0.1, -0.05) is 23.5 Å². The zero-order valence-corrected chi connectivity index (χ0v) is 11.1. The van der Waals surface area contributed by atoms with Crippen LogP contribution in [0, 0.1) is 0 Å². The molecule has 0 unspecified atom stereocenters. The van der Waals surface area contributed by atoms with Gasteiger partial charge in [-0.25, -0.2) is 9.78 Å². The van der Waals surface area contributed by atoms with Gasteiger partial charge in [-0.2, -0.15) is 0 Å². The minimum Gasteiger partial charge on any atom is -0.397 e. The number of carbonyl (C=O) groups excluding carboxylic acids is 2. The number of hydrogen-bond acceptors (Lipinski definition) is 6. The molecule has 0 aliphatic rings. The van der Waals surface area contributed by atoms with Crippen molar-refractivity contribution >= 4 is 34.7 Å². The number of hydrogen-bond donors (Lipinski definition) is 3. The lowest BCUT2D eigenvalue weighted by Crippen LogP contribution is -2.17. The van der Waals surface area contributed by atoms with Crippen LogP contribution < -0.4 is 21.5 Å². The van der Waals surface area contributed by atoms with Crippen LogP contribution in [0.2, 0.25) is 0 Å². The molecule has 0 radical (unpaired) electrons. The first-order chi connectivity index (χ1) is 9.54. The van der Waals surface area contributed by atoms with Gasteiger partial charge in [-0.15, -0.1) is 0 Å². The van der Waals surface area contributed by atoms with Crippen LogP contribution in [-0.2, 0) is 11.2 Å². The van der Waals surface area contributed by atoms with Crippen molar-refractivity contribution < 1.29 is 14.3 Å². The topological polar surface area (TPSA) is 120 Å². The van der Waals surface area contributed by atoms with E-state index >= 15 is 0 Å². The number of primary amides is 1. The van der Waals surface area contributed by atoms with Crippen LogP contribution in [0.4, 0.5) is 16.2 Å². The monoisotopic (exact) mass is 292 g/mol. The van der Waals surface area contributed by atoms with Gasteiger partial charge in [0.1, 0.15) is 0 Å². The molecule has 5 N–H and O–H groups in total. The van der Waals surface area contributed by atoms with Crippen LogP contribution in [0.1, 0.15) is 5.69 Å². The molecule has 0 saturated heterocycles. The minimum atomic E-state index is -0.938. The fourth-order valence-corrected chi connectivity index (χ4v) is 2.15. The number of nitrogens with zero attached hydrogens (tertiary/aromatic N) is 1. The molecular weight excluding hydrogens is 280 g/mol. The SMILES string of the molecule is NC(=O)Oc1nc(CC(=O)Nc2ccccc2N)cs1. The maximum Gasteiger partial charge on any atom is 0.411 e. The molecule has 0 fully saturated rings. The molecule has 20 heavy (non-hydrogen) atoms. The average molecular weight is 292 g/mol. The fourth-order valence-electron chi connectivity index (χ4n) is 1.47. The summed E-state index contributed by atoms with van der Waals surface area (Å²) in [4.78, 5) is 26.3. The summed E-state index contributed by atoms with van der Waals surface area (Å²) in [7, 11) is 0. The number of rotatable bonds is 4. The fraction of sp³-hybridized carbons (Fsp3) is 0.0833. The predicted octanol–water partition coefficient (Wildman–Crippen LogP) is 1.36. The van der Waals surface area contributed by atoms with Gasteiger partial charge >= 0.3 is 6.09 Å². The molecule has 2 amide bonds. The van der Waals surface area contributed by atoms with Crippen molar-refractivity contribution in [2.75, 3.05) is 11.1 Å². The van der Waals surface area contributed by atoms with Gasteiger partial charge in [0.2, 0.25) is 5.91 Å². The molecule has 0 saturated carbocycles. The van der Waals surface area contributed by atoms with E-state index in [2.05, 4.69) is 15.0 Å². The van der Waals surface area contributed by atoms with Gasteiger partial charge in [0.05, 0.1) is 23.5 Å². The zero-order chi connectivity index (χ0) is 14.5. The third-order valence-corrected chi connectivity index (χ3v) is 3.06. The number of nitrogen functional groups attached to an aromatic ring is 1. The van der Waals surface area contributed by atoms with Crippen LogP contribution in [-0.4, -0.2) is 17.0 Å². The Bertz CT molecular complexity index is 641. The molecule has 2 aromatic rings. The van der Waals surface area contributed by atoms with Gasteiger partial charge < -0.3 is 21.5 Å². The van der Waals surface area contributed by atoms with Crippen molar-refractivity contribution in [1.82, 2.24) is 4.98 Å². The molecule has 7 nitrogen and oxygen atoms in total. The second kappa shape index (κ2) is 6.02. The van der Waals surface area contributed by atoms with Crippen molar-refractivity contribution in [2.45, 2.75) is 6.42 Å². The highest BCUT2D eigenvalue weighted by atomic mass is 32.1. The highest BCUT2D eigenvalue weighted by Gasteiger charge is 2.11. The van der Waals surface area contributed by atoms with Gasteiger partial charge in [0.15, 0.2) is 0 Å². The number of aromatic nitrogens is 1. The predicted molar refractivity (Wildman–Crippen MR) is 75.5 cm³/mol. The first kappa shape index (κ1) is 13.8. The Labute approximate surface area is 118 Å². The maximum atomic E-state index is 11.8. The molecule has 0 spiro atoms. The number of ether oxygens (including phenoxy) is 1. The molecule has 1 aromatic heterocycles. The van der Waals surface area contributed by atoms with Gasteiger partial charge in [-0.3, -0.25) is 4.79 Å². The van der Waals surface area contributed by atoms with Gasteiger partial charge in [-0.05, 0) is 12.1 Å². The Morgan fingerprint density at radius 2 is 2.10 bits per heavy atom. The van der Waals surface area contributed by atoms with Crippen LogP contribution >= 0.6 is 11.3 Å². The van der Waals surface area contributed by atoms with E-state index in [1.54, 1.807) is 29.6 Å². The lowest BCUT2D eigenvalue weighted by Gasteiger charge is -2.06. The van der Waals surface area contributed by atoms with E-state index in [0.717, 1.165) is 11.3 Å². The van der Waals surface area contributed by atoms with Crippen LogP contribution in [0.25, 0.3) is 0 Å². The summed E-state index contributed by atoms with van der Waals surface area (Å²) in [6.07, 6.45) is -0.889. The maximum absolute atomic E-state index is 11.8. The first-order valence-corrected chi connectivity index (χ1v) is 6.48. The molecule has 8 heteroatoms. The number of nitrogens with two attached hydrogens (primary N) is 2. The highest BCUT2D eigenvalue weighted by Crippen LogP contribution is 2.20. The average Bonchev–Trinajstić information content (AvgIpc) is 2.78. The van der Waals surface area contributed by atoms with Gasteiger partial charge in [0.25, 0.3) is 5.19 Å². The Kier molecular flexibility index (Phi) is 4.16. The van der Waals surface area contributed by atoms with E-state index in [9.17, 15) is 9.59 Å². The van der Waals surface area contributed by atoms with E-state index in [4.69, 9.17) is 11.5 Å². The summed E-state index contributed by atoms with van der Waals surface area (Å²) in [5, 5.41) is 4.40. The van der Waals surface area contributed by atoms with E-state index < -0.39 is 6.09 Å². The van der Waals surface area contributed by atoms with Crippen molar-refractivity contribution in [3.05, 3.63) is 35.3 Å². The molecule has 0 aliphatic carbocycles. The number of benzene rings is 1. The summed E-state index contributed by atoms with van der Waals surface area (Å²) in [5.74, 6) is -0.265. The van der Waals surface area contributed by atoms with Gasteiger partial charge in [0, 0.05) is 5.38 Å². The van der Waals surface area contributed by atoms with Crippen LogP contribution in [0.5, 0.6) is 5.19 Å². The standard InChI is InChI=1S/C12H12N4O3S/c13-8-3-1-2-4-9(8)16-10(17)5-7-6-20-12(15-7)19-11(14)18/h1-4,6H,5,13H2,(H2,14,18)(H,16,17). The number of carbonyl (C=O) groups is 2. The Balaban J connectivity index is 1.96. The van der Waals surface area contributed by atoms with Crippen LogP contribution in [0.3, 0.4) is 0 Å². The zero-order valence-electron chi connectivity index (χ0n) is 10.3. The third kappa shape index (κ3) is 3.69. The number of amides is 2. The first-order valence-electron chi connectivity index (χ1n) is 5.60. The number of anilines is 2. The summed E-state index contributed by atoms with van der Waals surface area (Å²) in [5.41, 5.74) is 12.1. The number of thiazole rings is 1. The van der Waals surface area contributed by atoms with E-state index in [1.807, 2.05) is 0 Å². The molecule has 104 valence electrons. The molecule has 0 aliphatic heterocycles. The molecule has 0 atom stereocenters. The van der Waals surface area contributed by atoms with E-state index in [-0.39, 0.29) is 17.5 Å². The molecule has 1 heterocycles. The minimum absolute atomic E-state index is 0.0486. The normalized spacial score (nSPS) is 10.0. The van der Waals surface area contributed by atoms with Crippen molar-refractivity contribution in [3.63, 3.8) is 0 Å². The smallest absolute Gasteiger partial charge is 0.397 e. The molecule has 0 bridgehead atoms. The number of para-hydroxylation sites is 2. The van der Waals surface area contributed by atoms with Crippen molar-refractivity contribution in [2.24, 2.45) is 5.73 Å². The van der Waals surface area contributed by atoms with Crippen LogP contribution in [0.15, 0.2) is 29.6 Å². The summed E-state index contributed by atoms with van der Waals surface area (Å²) in [6, 6.07) is 6.94. The molecule has 1 aromatic carbocycles. The number of nitrogens with one attached hydrogen (secondary N) is 1. The molecule has 2 rings (SSSR count). The Morgan fingerprint density at radius 1 is 1.35 bits per heavy atom. The Hall–Kier alpha value is -2.61. The Morgan fingerprint density at radius 3 is 2.80 bits per heavy atom. The quantitative estimate of drug-likeness (QED) is 0.735. The lowest BCUT2D eigenvalue weighted by atomic mass is 10.2. The third-order valence-electron chi connectivity index (χ3n) is 2.30. The molecular formula is C12H12N4O3S. The summed E-state index contributed by atoms with van der Waals surface area (Å²) in [6.45, 7) is 0. The summed E-state index contributed by atoms with van der Waals surface area (Å²) >= 11 is 1.09. The summed E-state index contributed by atoms with van der Waals surface area (Å²) < 4.78 is 4.61. The van der Waals surface area contributed by atoms with Crippen molar-refractivity contribution in [3.8, 4) is 5.19 Å². The van der Waals surface area contributed by atoms with E-state index in [0.29, 0.717) is 17.1 Å². The largest absolute Gasteiger partial charge is 0.411 e. The highest BCUT2D eigenvalue weighted by molar-refractivity contribution is 7.11. The second-order valence-corrected chi connectivity index (χ2v) is 4.66. The lowest BCUT2D eigenvalue weighted by molar-refractivity contribution is -0.115. The van der Waals surface area contributed by atoms with E-state index in [1.165, 1.54) is 0 Å². The van der Waals surface area contributed by atoms with Crippen molar-refractivity contribution in [1.29, 1.82) is 0 Å². The second-order valence-electron chi connectivity index (χ2n) is 3.84.